The van der Waals surface area contributed by atoms with Gasteiger partial charge < -0.3 is 8.39 Å². The molecule has 1 aromatic heterocycles. The topological polar surface area (TPSA) is 29.5 Å². The van der Waals surface area contributed by atoms with Crippen molar-refractivity contribution >= 4 is 52.5 Å². The van der Waals surface area contributed by atoms with Crippen LogP contribution in [0.2, 0.25) is 0 Å². The van der Waals surface area contributed by atoms with E-state index in [0.717, 1.165) is 49.4 Å². The molecule has 6 aromatic rings. The van der Waals surface area contributed by atoms with Crippen LogP contribution in [0.4, 0.5) is 0 Å². The normalized spacial score (nSPS) is 12.4. The molecule has 0 aliphatic rings. The van der Waals surface area contributed by atoms with Gasteiger partial charge in [-0.1, -0.05) is 121 Å². The molecule has 0 radical (unpaired) electrons. The van der Waals surface area contributed by atoms with E-state index >= 15 is 0 Å². The molecular weight excluding hydrogens is 533 g/mol. The first-order chi connectivity index (χ1) is 20.5. The summed E-state index contributed by atoms with van der Waals surface area (Å²) in [6.07, 6.45) is 4.25. The zero-order valence-corrected chi connectivity index (χ0v) is 25.5. The van der Waals surface area contributed by atoms with E-state index in [2.05, 4.69) is 160 Å². The van der Waals surface area contributed by atoms with Crippen molar-refractivity contribution in [3.63, 3.8) is 0 Å². The average molecular weight is 570 g/mol. The SMILES string of the molecule is C=C(C)c1ccc2op(N(C(C)C)C(c3ccccc3)c3ccccc3)oc3ccc4ccccc4c3c2c1C=CC. The van der Waals surface area contributed by atoms with Gasteiger partial charge in [0.15, 0.2) is 0 Å². The van der Waals surface area contributed by atoms with Gasteiger partial charge in [0.2, 0.25) is 0 Å². The van der Waals surface area contributed by atoms with Gasteiger partial charge in [0.25, 0.3) is 0 Å². The third-order valence-electron chi connectivity index (χ3n) is 7.71. The Kier molecular flexibility index (Phi) is 7.89. The highest BCUT2D eigenvalue weighted by molar-refractivity contribution is 7.39. The molecule has 0 amide bonds. The average Bonchev–Trinajstić information content (AvgIpc) is 3.17. The number of nitrogens with zero attached hydrogens (tertiary/aromatic N) is 1. The minimum atomic E-state index is -1.58. The van der Waals surface area contributed by atoms with Gasteiger partial charge in [-0.25, -0.2) is 0 Å². The van der Waals surface area contributed by atoms with Crippen LogP contribution in [0, 0.1) is 0 Å². The van der Waals surface area contributed by atoms with Crippen molar-refractivity contribution in [1.29, 1.82) is 0 Å². The van der Waals surface area contributed by atoms with E-state index in [4.69, 9.17) is 8.39 Å². The van der Waals surface area contributed by atoms with Gasteiger partial charge in [-0.05, 0) is 72.9 Å². The molecule has 3 nitrogen and oxygen atoms in total. The predicted molar refractivity (Wildman–Crippen MR) is 181 cm³/mol. The van der Waals surface area contributed by atoms with E-state index in [1.54, 1.807) is 0 Å². The molecule has 6 rings (SSSR count). The number of fused-ring (bicyclic) bond motifs is 5. The van der Waals surface area contributed by atoms with Crippen molar-refractivity contribution in [3.05, 3.63) is 144 Å². The highest BCUT2D eigenvalue weighted by atomic mass is 31.1. The lowest BCUT2D eigenvalue weighted by molar-refractivity contribution is 0.576. The summed E-state index contributed by atoms with van der Waals surface area (Å²) in [5, 5.41) is 4.41. The molecule has 1 atom stereocenters. The van der Waals surface area contributed by atoms with Crippen molar-refractivity contribution in [1.82, 2.24) is 0 Å². The van der Waals surface area contributed by atoms with Crippen LogP contribution in [0.25, 0.3) is 44.4 Å². The fraction of sp³-hybridized carbons (Fsp3) is 0.158. The molecule has 42 heavy (non-hydrogen) atoms. The van der Waals surface area contributed by atoms with Gasteiger partial charge in [0.05, 0.1) is 6.04 Å². The smallest absolute Gasteiger partial charge is 0.310 e. The molecule has 0 spiro atoms. The van der Waals surface area contributed by atoms with Crippen LogP contribution in [0.5, 0.6) is 0 Å². The highest BCUT2D eigenvalue weighted by Crippen LogP contribution is 2.47. The van der Waals surface area contributed by atoms with E-state index in [9.17, 15) is 0 Å². The monoisotopic (exact) mass is 569 g/mol. The number of hydrogen-bond donors (Lipinski definition) is 0. The summed E-state index contributed by atoms with van der Waals surface area (Å²) in [7, 11) is -1.58. The minimum absolute atomic E-state index is 0.0614. The van der Waals surface area contributed by atoms with Crippen LogP contribution < -0.4 is 4.67 Å². The molecule has 0 fully saturated rings. The molecule has 0 bridgehead atoms. The summed E-state index contributed by atoms with van der Waals surface area (Å²) in [6, 6.07) is 38.4. The standard InChI is InChI=1S/C38H36NO2P/c1-6-15-33-31(26(2)3)23-25-35-37(33)36-32-21-14-13-16-28(32)22-24-34(36)40-42(41-35)39(27(4)5)38(29-17-9-7-10-18-29)30-19-11-8-12-20-30/h6-25,27,38H,2H2,1,3-5H3. The Labute approximate surface area is 249 Å². The Balaban J connectivity index is 1.77. The summed E-state index contributed by atoms with van der Waals surface area (Å²) in [6.45, 7) is 12.9. The zero-order valence-electron chi connectivity index (χ0n) is 24.6. The highest BCUT2D eigenvalue weighted by Gasteiger charge is 2.30. The van der Waals surface area contributed by atoms with Gasteiger partial charge in [-0.2, -0.15) is 4.67 Å². The number of benzene rings is 5. The van der Waals surface area contributed by atoms with Gasteiger partial charge in [0, 0.05) is 16.8 Å². The molecule has 0 saturated carbocycles. The van der Waals surface area contributed by atoms with E-state index in [1.807, 2.05) is 0 Å². The quantitative estimate of drug-likeness (QED) is 0.191. The maximum Gasteiger partial charge on any atom is 0.310 e. The Hall–Kier alpha value is -4.30. The zero-order chi connectivity index (χ0) is 29.2. The second-order valence-corrected chi connectivity index (χ2v) is 12.3. The maximum absolute atomic E-state index is 7.06. The lowest BCUT2D eigenvalue weighted by atomic mass is 9.94. The second-order valence-electron chi connectivity index (χ2n) is 11.0. The van der Waals surface area contributed by atoms with E-state index < -0.39 is 8.16 Å². The lowest BCUT2D eigenvalue weighted by Gasteiger charge is -2.32. The second kappa shape index (κ2) is 11.9. The summed E-state index contributed by atoms with van der Waals surface area (Å²) in [5.41, 5.74) is 7.25. The Bertz CT molecular complexity index is 1920. The Morgan fingerprint density at radius 2 is 1.31 bits per heavy atom. The first-order valence-electron chi connectivity index (χ1n) is 14.5. The molecule has 5 aromatic carbocycles. The molecule has 1 heterocycles. The van der Waals surface area contributed by atoms with Crippen LogP contribution >= 0.6 is 8.16 Å². The molecule has 1 unspecified atom stereocenters. The molecular formula is C38H36NO2P. The third-order valence-corrected chi connectivity index (χ3v) is 9.48. The first kappa shape index (κ1) is 27.8. The maximum atomic E-state index is 7.06. The van der Waals surface area contributed by atoms with Gasteiger partial charge in [-0.3, -0.25) is 0 Å². The van der Waals surface area contributed by atoms with Crippen LogP contribution in [0.3, 0.4) is 0 Å². The van der Waals surface area contributed by atoms with Crippen molar-refractivity contribution in [3.8, 4) is 0 Å². The molecule has 210 valence electrons. The minimum Gasteiger partial charge on any atom is -0.408 e. The van der Waals surface area contributed by atoms with E-state index in [1.165, 1.54) is 11.1 Å². The van der Waals surface area contributed by atoms with Crippen LogP contribution in [-0.4, -0.2) is 6.04 Å². The third kappa shape index (κ3) is 5.11. The Morgan fingerprint density at radius 1 is 0.738 bits per heavy atom. The molecule has 0 N–H and O–H groups in total. The van der Waals surface area contributed by atoms with E-state index in [0.29, 0.717) is 0 Å². The summed E-state index contributed by atoms with van der Waals surface area (Å²) in [5.74, 6) is 0. The summed E-state index contributed by atoms with van der Waals surface area (Å²) >= 11 is 0. The number of allylic oxidation sites excluding steroid dienone is 2. The van der Waals surface area contributed by atoms with Gasteiger partial charge in [-0.15, -0.1) is 0 Å². The van der Waals surface area contributed by atoms with Crippen LogP contribution in [0.15, 0.2) is 130 Å². The van der Waals surface area contributed by atoms with Crippen molar-refractivity contribution in [2.75, 3.05) is 4.67 Å². The number of hydrogen-bond acceptors (Lipinski definition) is 3. The summed E-state index contributed by atoms with van der Waals surface area (Å²) in [4.78, 5) is 0. The molecule has 0 aliphatic heterocycles. The van der Waals surface area contributed by atoms with Crippen molar-refractivity contribution in [2.45, 2.75) is 39.8 Å². The van der Waals surface area contributed by atoms with Gasteiger partial charge >= 0.3 is 8.16 Å². The van der Waals surface area contributed by atoms with Crippen molar-refractivity contribution in [2.24, 2.45) is 0 Å². The summed E-state index contributed by atoms with van der Waals surface area (Å²) < 4.78 is 16.5. The fourth-order valence-corrected chi connectivity index (χ4v) is 7.56. The Morgan fingerprint density at radius 3 is 1.90 bits per heavy atom. The van der Waals surface area contributed by atoms with Crippen LogP contribution in [0.1, 0.15) is 56.0 Å². The largest absolute Gasteiger partial charge is 0.408 e. The molecule has 0 aliphatic carbocycles. The number of rotatable bonds is 7. The molecule has 0 saturated heterocycles. The van der Waals surface area contributed by atoms with E-state index in [-0.39, 0.29) is 12.1 Å². The predicted octanol–water partition coefficient (Wildman–Crippen LogP) is 11.6. The first-order valence-corrected chi connectivity index (χ1v) is 15.6. The van der Waals surface area contributed by atoms with Gasteiger partial charge in [0.1, 0.15) is 11.2 Å². The van der Waals surface area contributed by atoms with Crippen LogP contribution in [-0.2, 0) is 0 Å². The molecule has 4 heteroatoms. The lowest BCUT2D eigenvalue weighted by Crippen LogP contribution is -2.33. The fourth-order valence-electron chi connectivity index (χ4n) is 5.86. The van der Waals surface area contributed by atoms with Crippen molar-refractivity contribution < 1.29 is 8.39 Å².